The quantitative estimate of drug-likeness (QED) is 0.0424. The highest BCUT2D eigenvalue weighted by Gasteiger charge is 2.37. The number of carbonyl (C=O) groups is 7. The maximum atomic E-state index is 12.9. The Balaban J connectivity index is 0.000000304. The van der Waals surface area contributed by atoms with Crippen molar-refractivity contribution in [2.24, 2.45) is 0 Å². The maximum absolute atomic E-state index is 12.9. The van der Waals surface area contributed by atoms with E-state index in [1.807, 2.05) is 6.07 Å². The second-order valence-electron chi connectivity index (χ2n) is 23.4. The molecule has 0 heterocycles. The van der Waals surface area contributed by atoms with Crippen molar-refractivity contribution >= 4 is 183 Å². The van der Waals surface area contributed by atoms with Gasteiger partial charge >= 0.3 is 55.0 Å². The number of halogens is 28. The molecular formula is C78H49Br6Cl4F18NO15. The number of ether oxygens (including phenoxy) is 3. The van der Waals surface area contributed by atoms with Crippen LogP contribution in [0, 0.1) is 0 Å². The van der Waals surface area contributed by atoms with Crippen molar-refractivity contribution in [1.82, 2.24) is 5.06 Å². The number of phenols is 1. The zero-order chi connectivity index (χ0) is 92.8. The van der Waals surface area contributed by atoms with Gasteiger partial charge < -0.3 is 34.6 Å². The van der Waals surface area contributed by atoms with Crippen LogP contribution in [-0.2, 0) is 46.7 Å². The number of aromatic carboxylic acids is 2. The minimum atomic E-state index is -4.63. The first-order valence-electron chi connectivity index (χ1n) is 32.1. The lowest BCUT2D eigenvalue weighted by Gasteiger charge is -2.15. The van der Waals surface area contributed by atoms with Gasteiger partial charge in [-0.05, 0) is 198 Å². The van der Waals surface area contributed by atoms with Crippen molar-refractivity contribution in [1.29, 1.82) is 0 Å². The fourth-order valence-electron chi connectivity index (χ4n) is 9.10. The molecule has 0 unspecified atom stereocenters. The van der Waals surface area contributed by atoms with Gasteiger partial charge in [0, 0.05) is 71.8 Å². The lowest BCUT2D eigenvalue weighted by Crippen LogP contribution is -2.25. The van der Waals surface area contributed by atoms with Gasteiger partial charge in [-0.3, -0.25) is 24.0 Å². The van der Waals surface area contributed by atoms with Crippen LogP contribution in [0.2, 0.25) is 20.1 Å². The molecule has 4 N–H and O–H groups in total. The van der Waals surface area contributed by atoms with Gasteiger partial charge in [0.25, 0.3) is 5.91 Å². The van der Waals surface area contributed by atoms with Crippen molar-refractivity contribution in [3.63, 3.8) is 0 Å². The molecule has 10 rings (SSSR count). The SMILES string of the molecule is CON(C)C(=O)c1cc(Br)cc(C(F)(F)F)c1.COc1ccc(Cl)cc1Br.COc1ccc(Cl)cc1C(=O)c1cc(Br)cc(C(F)(F)F)c1.O=C(O)COc1ccc(Cl)cc1C(=O)c1cc(Br)cc(C(F)(F)F)c1.O=C(O)c1cc(Br)cc(C(F)(F)F)c1.O=C(O)c1cccc(C(F)(F)F)c1.O=C(c1cc(Br)cc(C(F)(F)F)c1)c1cc(Cl)ccc1O. The molecule has 122 heavy (non-hydrogen) atoms. The van der Waals surface area contributed by atoms with Crippen LogP contribution in [0.4, 0.5) is 79.0 Å². The predicted molar refractivity (Wildman–Crippen MR) is 432 cm³/mol. The zero-order valence-corrected chi connectivity index (χ0v) is 73.5. The van der Waals surface area contributed by atoms with Gasteiger partial charge in [-0.2, -0.15) is 79.0 Å². The van der Waals surface area contributed by atoms with Gasteiger partial charge in [0.05, 0.1) is 87.0 Å². The molecule has 16 nitrogen and oxygen atoms in total. The summed E-state index contributed by atoms with van der Waals surface area (Å²) in [5, 5.41) is 37.4. The number of methoxy groups -OCH3 is 2. The highest BCUT2D eigenvalue weighted by Crippen LogP contribution is 2.40. The van der Waals surface area contributed by atoms with E-state index in [2.05, 4.69) is 100 Å². The van der Waals surface area contributed by atoms with E-state index in [1.165, 1.54) is 100 Å². The molecule has 0 aromatic heterocycles. The van der Waals surface area contributed by atoms with E-state index >= 15 is 0 Å². The predicted octanol–water partition coefficient (Wildman–Crippen LogP) is 27.0. The van der Waals surface area contributed by atoms with Crippen LogP contribution in [0.15, 0.2) is 215 Å². The summed E-state index contributed by atoms with van der Waals surface area (Å²) in [7, 11) is 5.55. The summed E-state index contributed by atoms with van der Waals surface area (Å²) in [6.45, 7) is -0.714. The first-order chi connectivity index (χ1) is 56.2. The topological polar surface area (TPSA) is 241 Å². The van der Waals surface area contributed by atoms with E-state index in [9.17, 15) is 118 Å². The van der Waals surface area contributed by atoms with Crippen LogP contribution in [-0.4, -0.2) is 102 Å². The molecular weight excluding hydrogens is 2150 g/mol. The van der Waals surface area contributed by atoms with Gasteiger partial charge in [-0.25, -0.2) is 19.4 Å². The summed E-state index contributed by atoms with van der Waals surface area (Å²) in [5.41, 5.74) is -7.31. The monoisotopic (exact) mass is 2190 g/mol. The number of carboxylic acid groups (broad SMARTS) is 3. The molecule has 0 aliphatic rings. The van der Waals surface area contributed by atoms with Gasteiger partial charge in [0.15, 0.2) is 24.0 Å². The van der Waals surface area contributed by atoms with Gasteiger partial charge in [-0.1, -0.05) is 132 Å². The fourth-order valence-corrected chi connectivity index (χ4v) is 12.9. The average Bonchev–Trinajstić information content (AvgIpc) is 0.840. The molecule has 0 saturated heterocycles. The Labute approximate surface area is 747 Å². The second-order valence-corrected chi connectivity index (χ2v) is 30.6. The molecule has 0 saturated carbocycles. The average molecular weight is 2200 g/mol. The van der Waals surface area contributed by atoms with Crippen molar-refractivity contribution < 1.29 is 152 Å². The van der Waals surface area contributed by atoms with Crippen LogP contribution < -0.4 is 14.2 Å². The summed E-state index contributed by atoms with van der Waals surface area (Å²) < 4.78 is 242. The van der Waals surface area contributed by atoms with Crippen molar-refractivity contribution in [2.75, 3.05) is 35.0 Å². The highest BCUT2D eigenvalue weighted by molar-refractivity contribution is 9.11. The Morgan fingerprint density at radius 1 is 0.344 bits per heavy atom. The van der Waals surface area contributed by atoms with Gasteiger partial charge in [0.1, 0.15) is 23.0 Å². The molecule has 652 valence electrons. The number of nitrogens with zero attached hydrogens (tertiary/aromatic N) is 1. The number of carboxylic acids is 3. The lowest BCUT2D eigenvalue weighted by atomic mass is 10.0. The number of alkyl halides is 18. The van der Waals surface area contributed by atoms with Crippen LogP contribution in [0.5, 0.6) is 23.0 Å². The first-order valence-corrected chi connectivity index (χ1v) is 38.4. The van der Waals surface area contributed by atoms with Gasteiger partial charge in [0.2, 0.25) is 0 Å². The minimum Gasteiger partial charge on any atom is -0.507 e. The molecule has 44 heteroatoms. The minimum absolute atomic E-state index is 0.0701. The Morgan fingerprint density at radius 2 is 0.639 bits per heavy atom. The molecule has 0 aliphatic carbocycles. The number of hydroxylamine groups is 2. The highest BCUT2D eigenvalue weighted by atomic mass is 79.9. The molecule has 1 amide bonds. The fraction of sp³-hybridized carbons (Fsp3) is 0.141. The summed E-state index contributed by atoms with van der Waals surface area (Å²) in [6.07, 6.45) is -27.3. The van der Waals surface area contributed by atoms with Crippen molar-refractivity contribution in [3.8, 4) is 23.0 Å². The Bertz CT molecular complexity index is 5470. The van der Waals surface area contributed by atoms with Gasteiger partial charge in [-0.15, -0.1) is 0 Å². The molecule has 0 fully saturated rings. The zero-order valence-electron chi connectivity index (χ0n) is 60.9. The maximum Gasteiger partial charge on any atom is 0.416 e. The summed E-state index contributed by atoms with van der Waals surface area (Å²) in [6, 6.07) is 35.1. The number of ketones is 3. The number of carbonyl (C=O) groups excluding carboxylic acids is 4. The number of aromatic hydroxyl groups is 1. The van der Waals surface area contributed by atoms with E-state index in [-0.39, 0.29) is 99.2 Å². The third-order valence-corrected chi connectivity index (χ3v) is 18.5. The Kier molecular flexibility index (Phi) is 39.4. The molecule has 10 aromatic rings. The van der Waals surface area contributed by atoms with Crippen LogP contribution in [0.1, 0.15) is 112 Å². The number of hydrogen-bond donors (Lipinski definition) is 4. The van der Waals surface area contributed by atoms with E-state index < -0.39 is 124 Å². The van der Waals surface area contributed by atoms with E-state index in [0.29, 0.717) is 23.2 Å². The number of aliphatic carboxylic acids is 1. The third kappa shape index (κ3) is 33.6. The number of amides is 1. The Hall–Kier alpha value is -8.97. The van der Waals surface area contributed by atoms with E-state index in [1.54, 1.807) is 19.2 Å². The third-order valence-electron chi connectivity index (χ3n) is 14.7. The normalized spacial score (nSPS) is 11.2. The van der Waals surface area contributed by atoms with Crippen LogP contribution in [0.3, 0.4) is 0 Å². The molecule has 0 spiro atoms. The smallest absolute Gasteiger partial charge is 0.416 e. The van der Waals surface area contributed by atoms with Crippen LogP contribution >= 0.6 is 142 Å². The molecule has 10 aromatic carbocycles. The summed E-state index contributed by atoms with van der Waals surface area (Å²) in [4.78, 5) is 85.0. The van der Waals surface area contributed by atoms with E-state index in [0.717, 1.165) is 88.1 Å². The largest absolute Gasteiger partial charge is 0.507 e. The standard InChI is InChI=1S/C16H9BrClF3O4.C15H9BrClF3O2.C14H7BrClF3O2.C10H9BrF3NO2.C8H4BrF3O2.C8H5F3O2.C7H6BrClO/c17-10-4-8(3-9(5-10)16(19,20)21)15(24)12-6-11(18)1-2-13(12)25-7-14(22)23;1-22-13-3-2-11(17)7-12(13)14(21)8-4-9(15(18,19)20)6-10(16)5-8;15-9-4-7(3-8(5-9)14(17,18)19)13(21)11-6-10(16)1-2-12(11)20;1-15(17-2)9(16)6-3-7(10(12,13)14)5-8(11)4-6;9-6-2-4(7(13)14)1-5(3-6)8(10,11)12;9-8(10,11)6-3-1-2-5(4-6)7(12)13;1-10-7-3-2-5(9)4-6(7)8/h1-6H,7H2,(H,22,23);2-7H,1H3;1-6,20H;3-5H,1-2H3;1-3H,(H,13,14);1-4H,(H,12,13);2-4H,1H3. The molecule has 0 atom stereocenters. The molecule has 0 aliphatic heterocycles. The lowest BCUT2D eigenvalue weighted by molar-refractivity contribution is -0.140. The van der Waals surface area contributed by atoms with E-state index in [4.69, 9.17) is 75.9 Å². The number of phenolic OH excluding ortho intramolecular Hbond substituents is 1. The summed E-state index contributed by atoms with van der Waals surface area (Å²) in [5.74, 6) is -6.23. The molecule has 0 radical (unpaired) electrons. The second kappa shape index (κ2) is 45.6. The number of hydrogen-bond acceptors (Lipinski definition) is 12. The molecule has 0 bridgehead atoms. The van der Waals surface area contributed by atoms with Crippen molar-refractivity contribution in [2.45, 2.75) is 37.1 Å². The number of benzene rings is 10. The van der Waals surface area contributed by atoms with Crippen LogP contribution in [0.25, 0.3) is 0 Å². The first kappa shape index (κ1) is 105. The Morgan fingerprint density at radius 3 is 0.984 bits per heavy atom. The number of rotatable bonds is 15. The summed E-state index contributed by atoms with van der Waals surface area (Å²) >= 11 is 41.0. The van der Waals surface area contributed by atoms with Crippen molar-refractivity contribution in [3.05, 3.63) is 318 Å².